The molecule has 0 saturated heterocycles. The van der Waals surface area contributed by atoms with Crippen molar-refractivity contribution in [3.05, 3.63) is 63.1 Å². The third-order valence-electron chi connectivity index (χ3n) is 3.89. The van der Waals surface area contributed by atoms with Crippen LogP contribution >= 0.6 is 0 Å². The average Bonchev–Trinajstić information content (AvgIpc) is 2.60. The molecule has 1 heterocycles. The summed E-state index contributed by atoms with van der Waals surface area (Å²) in [4.78, 5) is 14.3. The molecule has 0 aliphatic heterocycles. The van der Waals surface area contributed by atoms with Gasteiger partial charge in [0.15, 0.2) is 0 Å². The normalized spacial score (nSPS) is 10.4. The van der Waals surface area contributed by atoms with E-state index in [-0.39, 0.29) is 5.56 Å². The lowest BCUT2D eigenvalue weighted by molar-refractivity contribution is 0.786. The standard InChI is InChI=1S/C19H19N5O/c1-14-11-15(2)24(19(25)18(14)12-21)22-13-16-5-7-17(8-6-16)23(3)10-4-9-20/h5-8,11,13H,4,10H2,1-3H3/b22-13-. The molecule has 0 N–H and O–H groups in total. The lowest BCUT2D eigenvalue weighted by Gasteiger charge is -2.17. The van der Waals surface area contributed by atoms with Crippen LogP contribution in [0.15, 0.2) is 40.2 Å². The number of nitriles is 2. The Hall–Kier alpha value is -3.38. The Morgan fingerprint density at radius 1 is 1.24 bits per heavy atom. The topological polar surface area (TPSA) is 85.2 Å². The van der Waals surface area contributed by atoms with Crippen molar-refractivity contribution in [1.82, 2.24) is 4.68 Å². The van der Waals surface area contributed by atoms with E-state index in [9.17, 15) is 4.79 Å². The summed E-state index contributed by atoms with van der Waals surface area (Å²) < 4.78 is 1.23. The summed E-state index contributed by atoms with van der Waals surface area (Å²) >= 11 is 0. The first kappa shape index (κ1) is 18.0. The van der Waals surface area contributed by atoms with Crippen molar-refractivity contribution in [1.29, 1.82) is 10.5 Å². The molecule has 0 fully saturated rings. The van der Waals surface area contributed by atoms with Crippen LogP contribution < -0.4 is 10.5 Å². The molecule has 2 rings (SSSR count). The van der Waals surface area contributed by atoms with Crippen LogP contribution in [0.3, 0.4) is 0 Å². The van der Waals surface area contributed by atoms with Gasteiger partial charge in [-0.05, 0) is 43.2 Å². The molecule has 0 bridgehead atoms. The SMILES string of the molecule is Cc1cc(C)n(/N=C\c2ccc(N(C)CCC#N)cc2)c(=O)c1C#N. The van der Waals surface area contributed by atoms with Gasteiger partial charge < -0.3 is 4.90 Å². The van der Waals surface area contributed by atoms with E-state index in [1.165, 1.54) is 4.68 Å². The van der Waals surface area contributed by atoms with Crippen LogP contribution in [0.25, 0.3) is 0 Å². The van der Waals surface area contributed by atoms with Crippen molar-refractivity contribution >= 4 is 11.9 Å². The first-order valence-electron chi connectivity index (χ1n) is 7.83. The number of aromatic nitrogens is 1. The van der Waals surface area contributed by atoms with E-state index in [1.807, 2.05) is 42.3 Å². The lowest BCUT2D eigenvalue weighted by atomic mass is 10.1. The zero-order valence-corrected chi connectivity index (χ0v) is 14.5. The van der Waals surface area contributed by atoms with Gasteiger partial charge in [-0.1, -0.05) is 12.1 Å². The zero-order valence-electron chi connectivity index (χ0n) is 14.5. The van der Waals surface area contributed by atoms with Crippen molar-refractivity contribution in [3.8, 4) is 12.1 Å². The zero-order chi connectivity index (χ0) is 18.4. The number of rotatable bonds is 5. The molecule has 6 nitrogen and oxygen atoms in total. The summed E-state index contributed by atoms with van der Waals surface area (Å²) in [6.45, 7) is 4.18. The van der Waals surface area contributed by atoms with Gasteiger partial charge in [0, 0.05) is 25.0 Å². The molecule has 0 amide bonds. The molecule has 0 unspecified atom stereocenters. The monoisotopic (exact) mass is 333 g/mol. The molecule has 25 heavy (non-hydrogen) atoms. The van der Waals surface area contributed by atoms with E-state index in [0.717, 1.165) is 11.3 Å². The molecule has 6 heteroatoms. The van der Waals surface area contributed by atoms with Gasteiger partial charge in [-0.25, -0.2) is 4.68 Å². The van der Waals surface area contributed by atoms with Gasteiger partial charge in [-0.15, -0.1) is 0 Å². The van der Waals surface area contributed by atoms with Crippen molar-refractivity contribution in [2.24, 2.45) is 5.10 Å². The molecule has 0 aliphatic carbocycles. The molecule has 0 atom stereocenters. The number of nitrogens with zero attached hydrogens (tertiary/aromatic N) is 5. The van der Waals surface area contributed by atoms with Gasteiger partial charge in [0.2, 0.25) is 0 Å². The number of aryl methyl sites for hydroxylation is 2. The van der Waals surface area contributed by atoms with Gasteiger partial charge in [0.1, 0.15) is 11.6 Å². The average molecular weight is 333 g/mol. The predicted molar refractivity (Wildman–Crippen MR) is 97.8 cm³/mol. The van der Waals surface area contributed by atoms with Crippen molar-refractivity contribution < 1.29 is 0 Å². The lowest BCUT2D eigenvalue weighted by Crippen LogP contribution is -2.22. The van der Waals surface area contributed by atoms with E-state index in [2.05, 4.69) is 11.2 Å². The Morgan fingerprint density at radius 3 is 2.52 bits per heavy atom. The van der Waals surface area contributed by atoms with E-state index < -0.39 is 5.56 Å². The minimum absolute atomic E-state index is 0.109. The van der Waals surface area contributed by atoms with Gasteiger partial charge in [0.05, 0.1) is 18.7 Å². The Balaban J connectivity index is 2.25. The van der Waals surface area contributed by atoms with Crippen LogP contribution in [0.4, 0.5) is 5.69 Å². The van der Waals surface area contributed by atoms with Gasteiger partial charge in [-0.2, -0.15) is 15.6 Å². The molecule has 0 radical (unpaired) electrons. The third-order valence-corrected chi connectivity index (χ3v) is 3.89. The van der Waals surface area contributed by atoms with Crippen molar-refractivity contribution in [2.45, 2.75) is 20.3 Å². The highest BCUT2D eigenvalue weighted by molar-refractivity contribution is 5.80. The molecule has 0 spiro atoms. The summed E-state index contributed by atoms with van der Waals surface area (Å²) in [6, 6.07) is 13.5. The third kappa shape index (κ3) is 4.13. The smallest absolute Gasteiger partial charge is 0.289 e. The Kier molecular flexibility index (Phi) is 5.71. The molecule has 2 aromatic rings. The fourth-order valence-corrected chi connectivity index (χ4v) is 2.45. The second-order valence-electron chi connectivity index (χ2n) is 5.74. The van der Waals surface area contributed by atoms with Gasteiger partial charge in [0.25, 0.3) is 5.56 Å². The van der Waals surface area contributed by atoms with Crippen LogP contribution in [-0.2, 0) is 0 Å². The van der Waals surface area contributed by atoms with Gasteiger partial charge in [-0.3, -0.25) is 4.79 Å². The van der Waals surface area contributed by atoms with Crippen molar-refractivity contribution in [3.63, 3.8) is 0 Å². The van der Waals surface area contributed by atoms with Crippen LogP contribution in [0.5, 0.6) is 0 Å². The number of benzene rings is 1. The molecular formula is C19H19N5O. The summed E-state index contributed by atoms with van der Waals surface area (Å²) in [5.41, 5.74) is 2.86. The maximum Gasteiger partial charge on any atom is 0.289 e. The maximum absolute atomic E-state index is 12.3. The number of pyridine rings is 1. The second-order valence-corrected chi connectivity index (χ2v) is 5.74. The highest BCUT2D eigenvalue weighted by atomic mass is 16.1. The summed E-state index contributed by atoms with van der Waals surface area (Å²) in [7, 11) is 1.93. The van der Waals surface area contributed by atoms with E-state index in [0.29, 0.717) is 24.2 Å². The van der Waals surface area contributed by atoms with Crippen LogP contribution in [0.2, 0.25) is 0 Å². The Morgan fingerprint density at radius 2 is 1.92 bits per heavy atom. The quantitative estimate of drug-likeness (QED) is 0.787. The van der Waals surface area contributed by atoms with E-state index >= 15 is 0 Å². The number of hydrogen-bond acceptors (Lipinski definition) is 5. The molecule has 1 aromatic heterocycles. The van der Waals surface area contributed by atoms with Crippen LogP contribution in [0, 0.1) is 36.5 Å². The molecular weight excluding hydrogens is 314 g/mol. The second kappa shape index (κ2) is 7.94. The van der Waals surface area contributed by atoms with E-state index in [4.69, 9.17) is 10.5 Å². The maximum atomic E-state index is 12.3. The molecule has 0 aliphatic rings. The van der Waals surface area contributed by atoms with Crippen molar-refractivity contribution in [2.75, 3.05) is 18.5 Å². The van der Waals surface area contributed by atoms with Crippen LogP contribution in [-0.4, -0.2) is 24.5 Å². The minimum atomic E-state index is -0.413. The minimum Gasteiger partial charge on any atom is -0.374 e. The predicted octanol–water partition coefficient (Wildman–Crippen LogP) is 2.57. The summed E-state index contributed by atoms with van der Waals surface area (Å²) in [6.07, 6.45) is 2.06. The molecule has 1 aromatic carbocycles. The number of anilines is 1. The molecule has 126 valence electrons. The highest BCUT2D eigenvalue weighted by Crippen LogP contribution is 2.13. The number of hydrogen-bond donors (Lipinski definition) is 0. The largest absolute Gasteiger partial charge is 0.374 e. The van der Waals surface area contributed by atoms with Gasteiger partial charge >= 0.3 is 0 Å². The molecule has 0 saturated carbocycles. The Labute approximate surface area is 146 Å². The fourth-order valence-electron chi connectivity index (χ4n) is 2.45. The first-order valence-corrected chi connectivity index (χ1v) is 7.83. The van der Waals surface area contributed by atoms with E-state index in [1.54, 1.807) is 26.1 Å². The van der Waals surface area contributed by atoms with Crippen LogP contribution in [0.1, 0.15) is 28.8 Å². The highest BCUT2D eigenvalue weighted by Gasteiger charge is 2.09. The Bertz CT molecular complexity index is 927. The summed E-state index contributed by atoms with van der Waals surface area (Å²) in [5.74, 6) is 0. The first-order chi connectivity index (χ1) is 12.0. The summed E-state index contributed by atoms with van der Waals surface area (Å²) in [5, 5.41) is 22.0. The fraction of sp³-hybridized carbons (Fsp3) is 0.263.